The number of hydrogen-bond donors (Lipinski definition) is 1. The lowest BCUT2D eigenvalue weighted by molar-refractivity contribution is -0.120. The lowest BCUT2D eigenvalue weighted by Gasteiger charge is -2.44. The standard InChI is InChI=1S/C20H28N2O2/c23-20(13-15-6-7-16-8-11-24-19(16)12-15)21-14-17-4-3-10-22-9-2-1-5-18(17)22/h6-7,12,17-18H,1-5,8-11,13-14H2,(H,21,23)/t17-,18+/m0/s1. The monoisotopic (exact) mass is 328 g/mol. The number of fused-ring (bicyclic) bond motifs is 2. The second-order valence-electron chi connectivity index (χ2n) is 7.52. The summed E-state index contributed by atoms with van der Waals surface area (Å²) >= 11 is 0. The normalized spacial score (nSPS) is 26.3. The topological polar surface area (TPSA) is 41.6 Å². The van der Waals surface area contributed by atoms with Gasteiger partial charge in [-0.15, -0.1) is 0 Å². The van der Waals surface area contributed by atoms with E-state index in [4.69, 9.17) is 4.74 Å². The van der Waals surface area contributed by atoms with Gasteiger partial charge in [-0.05, 0) is 61.9 Å². The van der Waals surface area contributed by atoms with Crippen molar-refractivity contribution in [2.24, 2.45) is 5.92 Å². The minimum atomic E-state index is 0.140. The van der Waals surface area contributed by atoms with Crippen molar-refractivity contribution in [3.63, 3.8) is 0 Å². The summed E-state index contributed by atoms with van der Waals surface area (Å²) in [5.74, 6) is 1.73. The van der Waals surface area contributed by atoms with E-state index in [1.165, 1.54) is 50.8 Å². The van der Waals surface area contributed by atoms with Gasteiger partial charge in [0.2, 0.25) is 5.91 Å². The number of piperidine rings is 2. The summed E-state index contributed by atoms with van der Waals surface area (Å²) in [6.45, 7) is 4.11. The summed E-state index contributed by atoms with van der Waals surface area (Å²) in [7, 11) is 0. The Balaban J connectivity index is 1.30. The molecule has 1 aromatic rings. The second kappa shape index (κ2) is 7.14. The summed E-state index contributed by atoms with van der Waals surface area (Å²) < 4.78 is 5.60. The van der Waals surface area contributed by atoms with Crippen LogP contribution < -0.4 is 10.1 Å². The minimum Gasteiger partial charge on any atom is -0.493 e. The molecule has 0 aromatic heterocycles. The van der Waals surface area contributed by atoms with E-state index in [2.05, 4.69) is 22.3 Å². The quantitative estimate of drug-likeness (QED) is 0.923. The van der Waals surface area contributed by atoms with Crippen molar-refractivity contribution >= 4 is 5.91 Å². The van der Waals surface area contributed by atoms with Gasteiger partial charge in [0, 0.05) is 19.0 Å². The van der Waals surface area contributed by atoms with Gasteiger partial charge in [0.1, 0.15) is 5.75 Å². The third-order valence-electron chi connectivity index (χ3n) is 5.92. The molecule has 3 aliphatic rings. The first-order chi connectivity index (χ1) is 11.8. The highest BCUT2D eigenvalue weighted by Crippen LogP contribution is 2.30. The molecule has 4 heteroatoms. The Labute approximate surface area is 144 Å². The van der Waals surface area contributed by atoms with Crippen LogP contribution >= 0.6 is 0 Å². The molecule has 3 aliphatic heterocycles. The molecule has 24 heavy (non-hydrogen) atoms. The van der Waals surface area contributed by atoms with Crippen molar-refractivity contribution < 1.29 is 9.53 Å². The Hall–Kier alpha value is -1.55. The van der Waals surface area contributed by atoms with Crippen LogP contribution in [0.4, 0.5) is 0 Å². The zero-order valence-corrected chi connectivity index (χ0v) is 14.4. The van der Waals surface area contributed by atoms with Crippen LogP contribution in [-0.4, -0.2) is 43.1 Å². The van der Waals surface area contributed by atoms with Crippen LogP contribution in [0.15, 0.2) is 18.2 Å². The highest BCUT2D eigenvalue weighted by molar-refractivity contribution is 5.78. The number of carbonyl (C=O) groups is 1. The number of nitrogens with one attached hydrogen (secondary N) is 1. The van der Waals surface area contributed by atoms with E-state index in [0.717, 1.165) is 30.9 Å². The summed E-state index contributed by atoms with van der Waals surface area (Å²) in [6.07, 6.45) is 7.98. The van der Waals surface area contributed by atoms with Gasteiger partial charge in [0.25, 0.3) is 0 Å². The summed E-state index contributed by atoms with van der Waals surface area (Å²) in [5.41, 5.74) is 2.31. The highest BCUT2D eigenvalue weighted by atomic mass is 16.5. The zero-order valence-electron chi connectivity index (χ0n) is 14.4. The molecular weight excluding hydrogens is 300 g/mol. The number of carbonyl (C=O) groups excluding carboxylic acids is 1. The number of ether oxygens (including phenoxy) is 1. The van der Waals surface area contributed by atoms with Crippen molar-refractivity contribution in [1.29, 1.82) is 0 Å². The molecule has 130 valence electrons. The van der Waals surface area contributed by atoms with Crippen LogP contribution in [0, 0.1) is 5.92 Å². The van der Waals surface area contributed by atoms with Crippen LogP contribution in [0.3, 0.4) is 0 Å². The van der Waals surface area contributed by atoms with Gasteiger partial charge in [-0.3, -0.25) is 4.79 Å². The van der Waals surface area contributed by atoms with Crippen LogP contribution in [0.2, 0.25) is 0 Å². The predicted molar refractivity (Wildman–Crippen MR) is 94.3 cm³/mol. The predicted octanol–water partition coefficient (Wildman–Crippen LogP) is 2.54. The van der Waals surface area contributed by atoms with Gasteiger partial charge in [-0.25, -0.2) is 0 Å². The Morgan fingerprint density at radius 1 is 1.21 bits per heavy atom. The van der Waals surface area contributed by atoms with Crippen LogP contribution in [0.25, 0.3) is 0 Å². The fourth-order valence-electron chi connectivity index (χ4n) is 4.63. The van der Waals surface area contributed by atoms with Crippen molar-refractivity contribution in [3.05, 3.63) is 29.3 Å². The molecule has 0 spiro atoms. The highest BCUT2D eigenvalue weighted by Gasteiger charge is 2.32. The van der Waals surface area contributed by atoms with E-state index in [1.807, 2.05) is 6.07 Å². The number of nitrogens with zero attached hydrogens (tertiary/aromatic N) is 1. The SMILES string of the molecule is O=C(Cc1ccc2c(c1)OCC2)NC[C@@H]1CCCN2CCCC[C@H]12. The number of rotatable bonds is 4. The smallest absolute Gasteiger partial charge is 0.224 e. The molecule has 1 N–H and O–H groups in total. The number of benzene rings is 1. The maximum Gasteiger partial charge on any atom is 0.224 e. The molecule has 4 nitrogen and oxygen atoms in total. The van der Waals surface area contributed by atoms with Crippen LogP contribution in [0.5, 0.6) is 5.75 Å². The first kappa shape index (κ1) is 15.9. The van der Waals surface area contributed by atoms with Gasteiger partial charge < -0.3 is 15.0 Å². The third kappa shape index (κ3) is 3.44. The molecule has 2 saturated heterocycles. The summed E-state index contributed by atoms with van der Waals surface area (Å²) in [6, 6.07) is 6.90. The zero-order chi connectivity index (χ0) is 16.4. The lowest BCUT2D eigenvalue weighted by Crippen LogP contribution is -2.51. The third-order valence-corrected chi connectivity index (χ3v) is 5.92. The molecule has 2 fully saturated rings. The van der Waals surface area contributed by atoms with Gasteiger partial charge in [-0.2, -0.15) is 0 Å². The second-order valence-corrected chi connectivity index (χ2v) is 7.52. The Kier molecular flexibility index (Phi) is 4.74. The van der Waals surface area contributed by atoms with E-state index >= 15 is 0 Å². The van der Waals surface area contributed by atoms with E-state index in [1.54, 1.807) is 0 Å². The van der Waals surface area contributed by atoms with Gasteiger partial charge in [0.05, 0.1) is 13.0 Å². The van der Waals surface area contributed by atoms with Crippen molar-refractivity contribution in [3.8, 4) is 5.75 Å². The summed E-state index contributed by atoms with van der Waals surface area (Å²) in [4.78, 5) is 15.0. The van der Waals surface area contributed by atoms with Crippen molar-refractivity contribution in [2.75, 3.05) is 26.2 Å². The molecule has 1 aromatic carbocycles. The van der Waals surface area contributed by atoms with Gasteiger partial charge >= 0.3 is 0 Å². The van der Waals surface area contributed by atoms with Crippen molar-refractivity contribution in [2.45, 2.75) is 51.0 Å². The Morgan fingerprint density at radius 3 is 3.08 bits per heavy atom. The Morgan fingerprint density at radius 2 is 2.12 bits per heavy atom. The Bertz CT molecular complexity index is 599. The summed E-state index contributed by atoms with van der Waals surface area (Å²) in [5, 5.41) is 3.20. The molecule has 1 amide bonds. The molecule has 0 unspecified atom stereocenters. The maximum atomic E-state index is 12.3. The van der Waals surface area contributed by atoms with E-state index in [-0.39, 0.29) is 5.91 Å². The maximum absolute atomic E-state index is 12.3. The molecule has 0 bridgehead atoms. The molecule has 0 aliphatic carbocycles. The fraction of sp³-hybridized carbons (Fsp3) is 0.650. The fourth-order valence-corrected chi connectivity index (χ4v) is 4.63. The van der Waals surface area contributed by atoms with E-state index < -0.39 is 0 Å². The molecule has 0 saturated carbocycles. The van der Waals surface area contributed by atoms with Crippen molar-refractivity contribution in [1.82, 2.24) is 10.2 Å². The van der Waals surface area contributed by atoms with E-state index in [0.29, 0.717) is 18.4 Å². The number of amides is 1. The van der Waals surface area contributed by atoms with Crippen LogP contribution in [0.1, 0.15) is 43.2 Å². The molecule has 2 atom stereocenters. The average Bonchev–Trinajstić information content (AvgIpc) is 3.07. The average molecular weight is 328 g/mol. The van der Waals surface area contributed by atoms with Gasteiger partial charge in [0.15, 0.2) is 0 Å². The van der Waals surface area contributed by atoms with E-state index in [9.17, 15) is 4.79 Å². The molecular formula is C20H28N2O2. The molecule has 4 rings (SSSR count). The first-order valence-electron chi connectivity index (χ1n) is 9.55. The minimum absolute atomic E-state index is 0.140. The molecule has 3 heterocycles. The van der Waals surface area contributed by atoms with Crippen LogP contribution in [-0.2, 0) is 17.6 Å². The lowest BCUT2D eigenvalue weighted by atomic mass is 9.83. The largest absolute Gasteiger partial charge is 0.493 e. The number of hydrogen-bond acceptors (Lipinski definition) is 3. The van der Waals surface area contributed by atoms with Gasteiger partial charge in [-0.1, -0.05) is 18.6 Å². The first-order valence-corrected chi connectivity index (χ1v) is 9.55. The molecule has 0 radical (unpaired) electrons.